The number of tetrazole rings is 1. The van der Waals surface area contributed by atoms with Gasteiger partial charge in [0.25, 0.3) is 0 Å². The highest BCUT2D eigenvalue weighted by Crippen LogP contribution is 2.18. The van der Waals surface area contributed by atoms with Crippen LogP contribution in [0.1, 0.15) is 19.8 Å². The minimum atomic E-state index is -0.220. The SMILES string of the molecule is CCOC(=O)[C@H]1CCCN(C(=O)Cn2cnnn2)C1. The van der Waals surface area contributed by atoms with Gasteiger partial charge in [0, 0.05) is 13.1 Å². The molecule has 0 saturated carbocycles. The zero-order valence-corrected chi connectivity index (χ0v) is 10.9. The zero-order chi connectivity index (χ0) is 13.7. The monoisotopic (exact) mass is 267 g/mol. The van der Waals surface area contributed by atoms with Crippen LogP contribution in [0, 0.1) is 5.92 Å². The van der Waals surface area contributed by atoms with E-state index in [9.17, 15) is 9.59 Å². The van der Waals surface area contributed by atoms with Gasteiger partial charge in [0.1, 0.15) is 12.9 Å². The van der Waals surface area contributed by atoms with Gasteiger partial charge in [-0.1, -0.05) is 0 Å². The minimum absolute atomic E-state index is 0.0821. The summed E-state index contributed by atoms with van der Waals surface area (Å²) in [6.45, 7) is 3.33. The van der Waals surface area contributed by atoms with Gasteiger partial charge in [0.05, 0.1) is 12.5 Å². The van der Waals surface area contributed by atoms with Crippen LogP contribution < -0.4 is 0 Å². The van der Waals surface area contributed by atoms with Gasteiger partial charge < -0.3 is 9.64 Å². The van der Waals surface area contributed by atoms with E-state index in [1.165, 1.54) is 11.0 Å². The van der Waals surface area contributed by atoms with Crippen molar-refractivity contribution >= 4 is 11.9 Å². The van der Waals surface area contributed by atoms with E-state index in [-0.39, 0.29) is 24.3 Å². The maximum absolute atomic E-state index is 12.0. The molecule has 1 aromatic heterocycles. The highest BCUT2D eigenvalue weighted by Gasteiger charge is 2.29. The van der Waals surface area contributed by atoms with E-state index >= 15 is 0 Å². The lowest BCUT2D eigenvalue weighted by Crippen LogP contribution is -2.44. The van der Waals surface area contributed by atoms with Crippen LogP contribution in [0.4, 0.5) is 0 Å². The Kier molecular flexibility index (Phi) is 4.43. The summed E-state index contributed by atoms with van der Waals surface area (Å²) in [5.74, 6) is -0.518. The fourth-order valence-electron chi connectivity index (χ4n) is 2.15. The molecule has 1 atom stereocenters. The van der Waals surface area contributed by atoms with Crippen molar-refractivity contribution in [3.63, 3.8) is 0 Å². The largest absolute Gasteiger partial charge is 0.466 e. The highest BCUT2D eigenvalue weighted by molar-refractivity contribution is 5.78. The summed E-state index contributed by atoms with van der Waals surface area (Å²) in [6, 6.07) is 0. The Morgan fingerprint density at radius 1 is 1.47 bits per heavy atom. The molecule has 0 N–H and O–H groups in total. The molecule has 0 radical (unpaired) electrons. The number of hydrogen-bond donors (Lipinski definition) is 0. The summed E-state index contributed by atoms with van der Waals surface area (Å²) in [5, 5.41) is 10.6. The smallest absolute Gasteiger partial charge is 0.310 e. The molecule has 8 nitrogen and oxygen atoms in total. The van der Waals surface area contributed by atoms with E-state index < -0.39 is 0 Å². The van der Waals surface area contributed by atoms with Gasteiger partial charge >= 0.3 is 5.97 Å². The Balaban J connectivity index is 1.89. The van der Waals surface area contributed by atoms with E-state index in [2.05, 4.69) is 15.5 Å². The van der Waals surface area contributed by atoms with E-state index in [0.717, 1.165) is 12.8 Å². The number of amides is 1. The van der Waals surface area contributed by atoms with Gasteiger partial charge in [-0.25, -0.2) is 4.68 Å². The molecule has 0 spiro atoms. The number of piperidine rings is 1. The summed E-state index contributed by atoms with van der Waals surface area (Å²) in [5.41, 5.74) is 0. The third kappa shape index (κ3) is 3.49. The number of nitrogens with zero attached hydrogens (tertiary/aromatic N) is 5. The fraction of sp³-hybridized carbons (Fsp3) is 0.727. The van der Waals surface area contributed by atoms with Crippen LogP contribution >= 0.6 is 0 Å². The molecule has 1 fully saturated rings. The first-order valence-electron chi connectivity index (χ1n) is 6.36. The summed E-state index contributed by atoms with van der Waals surface area (Å²) in [6.07, 6.45) is 2.98. The molecular weight excluding hydrogens is 250 g/mol. The number of ether oxygens (including phenoxy) is 1. The summed E-state index contributed by atoms with van der Waals surface area (Å²) in [7, 11) is 0. The van der Waals surface area contributed by atoms with E-state index in [1.54, 1.807) is 11.8 Å². The van der Waals surface area contributed by atoms with Crippen LogP contribution in [0.15, 0.2) is 6.33 Å². The van der Waals surface area contributed by atoms with Gasteiger partial charge in [-0.2, -0.15) is 0 Å². The zero-order valence-electron chi connectivity index (χ0n) is 10.9. The van der Waals surface area contributed by atoms with Crippen molar-refractivity contribution in [2.24, 2.45) is 5.92 Å². The Morgan fingerprint density at radius 3 is 3.00 bits per heavy atom. The van der Waals surface area contributed by atoms with Crippen LogP contribution in [-0.4, -0.2) is 56.7 Å². The molecule has 1 aliphatic rings. The topological polar surface area (TPSA) is 90.2 Å². The molecule has 0 aromatic carbocycles. The Bertz CT molecular complexity index is 434. The average Bonchev–Trinajstić information content (AvgIpc) is 2.92. The third-order valence-electron chi connectivity index (χ3n) is 3.08. The molecule has 1 saturated heterocycles. The van der Waals surface area contributed by atoms with Crippen molar-refractivity contribution in [1.29, 1.82) is 0 Å². The number of hydrogen-bond acceptors (Lipinski definition) is 6. The molecule has 104 valence electrons. The maximum atomic E-state index is 12.0. The van der Waals surface area contributed by atoms with Gasteiger partial charge in [-0.05, 0) is 30.2 Å². The van der Waals surface area contributed by atoms with Gasteiger partial charge in [0.2, 0.25) is 5.91 Å². The standard InChI is InChI=1S/C11H17N5O3/c1-2-19-11(18)9-4-3-5-15(6-9)10(17)7-16-8-12-13-14-16/h8-9H,2-7H2,1H3/t9-/m0/s1. The van der Waals surface area contributed by atoms with Crippen molar-refractivity contribution in [2.45, 2.75) is 26.3 Å². The molecular formula is C11H17N5O3. The molecule has 1 aromatic rings. The minimum Gasteiger partial charge on any atom is -0.466 e. The number of aromatic nitrogens is 4. The normalized spacial score (nSPS) is 19.2. The molecule has 2 rings (SSSR count). The molecule has 1 amide bonds. The van der Waals surface area contributed by atoms with Gasteiger partial charge in [-0.15, -0.1) is 5.10 Å². The Morgan fingerprint density at radius 2 is 2.32 bits per heavy atom. The van der Waals surface area contributed by atoms with E-state index in [0.29, 0.717) is 19.7 Å². The van der Waals surface area contributed by atoms with Gasteiger partial charge in [-0.3, -0.25) is 9.59 Å². The lowest BCUT2D eigenvalue weighted by molar-refractivity contribution is -0.151. The van der Waals surface area contributed by atoms with Crippen LogP contribution in [0.25, 0.3) is 0 Å². The molecule has 2 heterocycles. The van der Waals surface area contributed by atoms with E-state index in [4.69, 9.17) is 4.74 Å². The summed E-state index contributed by atoms with van der Waals surface area (Å²) in [4.78, 5) is 25.4. The first-order valence-corrected chi connectivity index (χ1v) is 6.36. The fourth-order valence-corrected chi connectivity index (χ4v) is 2.15. The predicted molar refractivity (Wildman–Crippen MR) is 63.8 cm³/mol. The van der Waals surface area contributed by atoms with Crippen LogP contribution in [0.2, 0.25) is 0 Å². The molecule has 0 bridgehead atoms. The van der Waals surface area contributed by atoms with Crippen molar-refractivity contribution in [3.8, 4) is 0 Å². The number of rotatable bonds is 4. The van der Waals surface area contributed by atoms with Crippen molar-refractivity contribution in [3.05, 3.63) is 6.33 Å². The first kappa shape index (κ1) is 13.4. The first-order chi connectivity index (χ1) is 9.20. The van der Waals surface area contributed by atoms with Gasteiger partial charge in [0.15, 0.2) is 0 Å². The lowest BCUT2D eigenvalue weighted by Gasteiger charge is -2.31. The Labute approximate surface area is 110 Å². The number of esters is 1. The average molecular weight is 267 g/mol. The van der Waals surface area contributed by atoms with Crippen molar-refractivity contribution in [1.82, 2.24) is 25.1 Å². The maximum Gasteiger partial charge on any atom is 0.310 e. The van der Waals surface area contributed by atoms with Crippen molar-refractivity contribution in [2.75, 3.05) is 19.7 Å². The molecule has 19 heavy (non-hydrogen) atoms. The number of carbonyl (C=O) groups excluding carboxylic acids is 2. The second kappa shape index (κ2) is 6.26. The second-order valence-corrected chi connectivity index (χ2v) is 4.44. The highest BCUT2D eigenvalue weighted by atomic mass is 16.5. The number of likely N-dealkylation sites (tertiary alicyclic amines) is 1. The lowest BCUT2D eigenvalue weighted by atomic mass is 9.98. The van der Waals surface area contributed by atoms with E-state index in [1.807, 2.05) is 0 Å². The molecule has 1 aliphatic heterocycles. The summed E-state index contributed by atoms with van der Waals surface area (Å²) >= 11 is 0. The molecule has 0 aliphatic carbocycles. The summed E-state index contributed by atoms with van der Waals surface area (Å²) < 4.78 is 6.37. The molecule has 8 heteroatoms. The Hall–Kier alpha value is -1.99. The van der Waals surface area contributed by atoms with Crippen LogP contribution in [0.5, 0.6) is 0 Å². The second-order valence-electron chi connectivity index (χ2n) is 4.44. The quantitative estimate of drug-likeness (QED) is 0.681. The molecule has 0 unspecified atom stereocenters. The third-order valence-corrected chi connectivity index (χ3v) is 3.08. The van der Waals surface area contributed by atoms with Crippen LogP contribution in [0.3, 0.4) is 0 Å². The number of carbonyl (C=O) groups is 2. The predicted octanol–water partition coefficient (Wildman–Crippen LogP) is -0.525. The van der Waals surface area contributed by atoms with Crippen molar-refractivity contribution < 1.29 is 14.3 Å². The van der Waals surface area contributed by atoms with Crippen LogP contribution in [-0.2, 0) is 20.9 Å².